The molecule has 0 bridgehead atoms. The van der Waals surface area contributed by atoms with Crippen molar-refractivity contribution >= 4 is 28.9 Å². The molecule has 0 aliphatic heterocycles. The molecule has 4 nitrogen and oxygen atoms in total. The van der Waals surface area contributed by atoms with E-state index in [0.29, 0.717) is 12.1 Å². The van der Waals surface area contributed by atoms with E-state index in [9.17, 15) is 14.0 Å². The maximum absolute atomic E-state index is 13.0. The van der Waals surface area contributed by atoms with Crippen molar-refractivity contribution in [1.29, 1.82) is 0 Å². The van der Waals surface area contributed by atoms with Crippen molar-refractivity contribution in [2.75, 3.05) is 5.32 Å². The summed E-state index contributed by atoms with van der Waals surface area (Å²) in [5, 5.41) is 4.50. The molecule has 23 heavy (non-hydrogen) atoms. The third-order valence-corrected chi connectivity index (χ3v) is 4.09. The molecule has 0 saturated carbocycles. The highest BCUT2D eigenvalue weighted by Gasteiger charge is 2.17. The van der Waals surface area contributed by atoms with Gasteiger partial charge in [0.2, 0.25) is 0 Å². The van der Waals surface area contributed by atoms with Crippen molar-refractivity contribution < 1.29 is 18.7 Å². The summed E-state index contributed by atoms with van der Waals surface area (Å²) >= 11 is 1.65. The first-order valence-electron chi connectivity index (χ1n) is 7.33. The lowest BCUT2D eigenvalue weighted by Gasteiger charge is -2.13. The van der Waals surface area contributed by atoms with E-state index in [1.54, 1.807) is 17.4 Å². The number of hydrogen-bond acceptors (Lipinski definition) is 4. The molecule has 0 spiro atoms. The summed E-state index contributed by atoms with van der Waals surface area (Å²) in [6, 6.07) is 9.53. The summed E-state index contributed by atoms with van der Waals surface area (Å²) in [5.41, 5.74) is 0.329. The van der Waals surface area contributed by atoms with Gasteiger partial charge in [0.1, 0.15) is 5.82 Å². The topological polar surface area (TPSA) is 55.4 Å². The molecule has 1 aromatic carbocycles. The average Bonchev–Trinajstić information content (AvgIpc) is 3.00. The quantitative estimate of drug-likeness (QED) is 0.784. The van der Waals surface area contributed by atoms with Crippen molar-refractivity contribution in [3.8, 4) is 0 Å². The molecule has 6 heteroatoms. The second-order valence-corrected chi connectivity index (χ2v) is 6.10. The third kappa shape index (κ3) is 5.83. The van der Waals surface area contributed by atoms with Gasteiger partial charge in [0.05, 0.1) is 0 Å². The first-order chi connectivity index (χ1) is 11.0. The predicted molar refractivity (Wildman–Crippen MR) is 87.8 cm³/mol. The number of nitrogens with one attached hydrogen (secondary N) is 1. The monoisotopic (exact) mass is 335 g/mol. The molecular weight excluding hydrogens is 317 g/mol. The molecule has 1 N–H and O–H groups in total. The van der Waals surface area contributed by atoms with E-state index in [1.165, 1.54) is 30.0 Å². The van der Waals surface area contributed by atoms with Crippen LogP contribution in [0.15, 0.2) is 41.8 Å². The Morgan fingerprint density at radius 3 is 2.83 bits per heavy atom. The molecule has 2 aromatic rings. The molecule has 0 aliphatic carbocycles. The van der Waals surface area contributed by atoms with Crippen LogP contribution in [0.3, 0.4) is 0 Å². The van der Waals surface area contributed by atoms with Crippen LogP contribution in [0.4, 0.5) is 10.1 Å². The van der Waals surface area contributed by atoms with E-state index in [-0.39, 0.29) is 6.42 Å². The number of esters is 1. The number of anilines is 1. The normalized spacial score (nSPS) is 11.7. The van der Waals surface area contributed by atoms with Gasteiger partial charge in [-0.2, -0.15) is 0 Å². The summed E-state index contributed by atoms with van der Waals surface area (Å²) in [4.78, 5) is 24.9. The fourth-order valence-electron chi connectivity index (χ4n) is 1.98. The fraction of sp³-hybridized carbons (Fsp3) is 0.294. The van der Waals surface area contributed by atoms with E-state index in [2.05, 4.69) is 5.32 Å². The van der Waals surface area contributed by atoms with Gasteiger partial charge in [0.15, 0.2) is 6.10 Å². The Bertz CT molecular complexity index is 658. The molecule has 1 unspecified atom stereocenters. The zero-order valence-electron chi connectivity index (χ0n) is 12.8. The second kappa shape index (κ2) is 8.43. The zero-order chi connectivity index (χ0) is 16.7. The summed E-state index contributed by atoms with van der Waals surface area (Å²) in [5.74, 6) is -1.34. The van der Waals surface area contributed by atoms with Crippen LogP contribution in [0, 0.1) is 5.82 Å². The van der Waals surface area contributed by atoms with E-state index in [0.717, 1.165) is 6.42 Å². The Labute approximate surface area is 138 Å². The van der Waals surface area contributed by atoms with Crippen LogP contribution in [0.25, 0.3) is 0 Å². The standard InChI is InChI=1S/C17H18FNO3S/c1-12(17(21)19-14-6-2-5-13(18)11-14)22-16(20)9-3-7-15-8-4-10-23-15/h2,4-6,8,10-12H,3,7,9H2,1H3,(H,19,21). The predicted octanol–water partition coefficient (Wildman–Crippen LogP) is 3.78. The molecule has 0 saturated heterocycles. The largest absolute Gasteiger partial charge is 0.453 e. The average molecular weight is 335 g/mol. The molecule has 1 amide bonds. The molecular formula is C17H18FNO3S. The zero-order valence-corrected chi connectivity index (χ0v) is 13.6. The SMILES string of the molecule is CC(OC(=O)CCCc1cccs1)C(=O)Nc1cccc(F)c1. The first-order valence-corrected chi connectivity index (χ1v) is 8.21. The summed E-state index contributed by atoms with van der Waals surface area (Å²) in [7, 11) is 0. The Morgan fingerprint density at radius 2 is 2.13 bits per heavy atom. The van der Waals surface area contributed by atoms with Gasteiger partial charge in [0, 0.05) is 17.0 Å². The third-order valence-electron chi connectivity index (χ3n) is 3.15. The fourth-order valence-corrected chi connectivity index (χ4v) is 2.73. The molecule has 0 fully saturated rings. The minimum atomic E-state index is -0.924. The van der Waals surface area contributed by atoms with E-state index < -0.39 is 23.8 Å². The molecule has 2 rings (SSSR count). The Hall–Kier alpha value is -2.21. The summed E-state index contributed by atoms with van der Waals surface area (Å²) < 4.78 is 18.1. The number of halogens is 1. The molecule has 0 radical (unpaired) electrons. The van der Waals surface area contributed by atoms with E-state index in [1.807, 2.05) is 17.5 Å². The maximum atomic E-state index is 13.0. The lowest BCUT2D eigenvalue weighted by molar-refractivity contribution is -0.153. The van der Waals surface area contributed by atoms with Gasteiger partial charge >= 0.3 is 5.97 Å². The summed E-state index contributed by atoms with van der Waals surface area (Å²) in [6.45, 7) is 1.49. The Morgan fingerprint density at radius 1 is 1.30 bits per heavy atom. The van der Waals surface area contributed by atoms with Crippen LogP contribution < -0.4 is 5.32 Å². The number of ether oxygens (including phenoxy) is 1. The number of aryl methyl sites for hydroxylation is 1. The van der Waals surface area contributed by atoms with Crippen LogP contribution >= 0.6 is 11.3 Å². The van der Waals surface area contributed by atoms with E-state index in [4.69, 9.17) is 4.74 Å². The number of carbonyl (C=O) groups excluding carboxylic acids is 2. The minimum absolute atomic E-state index is 0.259. The smallest absolute Gasteiger partial charge is 0.306 e. The second-order valence-electron chi connectivity index (χ2n) is 5.06. The van der Waals surface area contributed by atoms with Gasteiger partial charge in [-0.3, -0.25) is 9.59 Å². The van der Waals surface area contributed by atoms with Crippen molar-refractivity contribution in [3.05, 3.63) is 52.5 Å². The van der Waals surface area contributed by atoms with Crippen LogP contribution in [-0.4, -0.2) is 18.0 Å². The number of rotatable bonds is 7. The maximum Gasteiger partial charge on any atom is 0.306 e. The van der Waals surface area contributed by atoms with Crippen molar-refractivity contribution in [3.63, 3.8) is 0 Å². The van der Waals surface area contributed by atoms with Crippen molar-refractivity contribution in [2.24, 2.45) is 0 Å². The Kier molecular flexibility index (Phi) is 6.29. The van der Waals surface area contributed by atoms with Gasteiger partial charge in [-0.05, 0) is 49.4 Å². The van der Waals surface area contributed by atoms with Crippen LogP contribution in [0.2, 0.25) is 0 Å². The first kappa shape index (κ1) is 17.1. The number of hydrogen-bond donors (Lipinski definition) is 1. The molecule has 122 valence electrons. The number of thiophene rings is 1. The minimum Gasteiger partial charge on any atom is -0.453 e. The van der Waals surface area contributed by atoms with Gasteiger partial charge in [-0.15, -0.1) is 11.3 Å². The lowest BCUT2D eigenvalue weighted by atomic mass is 10.2. The number of amides is 1. The lowest BCUT2D eigenvalue weighted by Crippen LogP contribution is -2.29. The van der Waals surface area contributed by atoms with Crippen LogP contribution in [0.1, 0.15) is 24.6 Å². The van der Waals surface area contributed by atoms with Crippen molar-refractivity contribution in [2.45, 2.75) is 32.3 Å². The van der Waals surface area contributed by atoms with Gasteiger partial charge in [0.25, 0.3) is 5.91 Å². The summed E-state index contributed by atoms with van der Waals surface area (Å²) in [6.07, 6.45) is 0.830. The highest BCUT2D eigenvalue weighted by atomic mass is 32.1. The number of benzene rings is 1. The van der Waals surface area contributed by atoms with Gasteiger partial charge in [-0.25, -0.2) is 4.39 Å². The number of carbonyl (C=O) groups is 2. The highest BCUT2D eigenvalue weighted by molar-refractivity contribution is 7.09. The van der Waals surface area contributed by atoms with Crippen LogP contribution in [-0.2, 0) is 20.7 Å². The molecule has 1 heterocycles. The van der Waals surface area contributed by atoms with Gasteiger partial charge in [-0.1, -0.05) is 12.1 Å². The van der Waals surface area contributed by atoms with Crippen LogP contribution in [0.5, 0.6) is 0 Å². The molecule has 1 aromatic heterocycles. The van der Waals surface area contributed by atoms with Gasteiger partial charge < -0.3 is 10.1 Å². The Balaban J connectivity index is 1.73. The van der Waals surface area contributed by atoms with E-state index >= 15 is 0 Å². The molecule has 1 atom stereocenters. The highest BCUT2D eigenvalue weighted by Crippen LogP contribution is 2.13. The molecule has 0 aliphatic rings. The van der Waals surface area contributed by atoms with Crippen molar-refractivity contribution in [1.82, 2.24) is 0 Å².